The zero-order valence-electron chi connectivity index (χ0n) is 10.9. The van der Waals surface area contributed by atoms with Gasteiger partial charge >= 0.3 is 0 Å². The van der Waals surface area contributed by atoms with Gasteiger partial charge in [-0.05, 0) is 19.1 Å². The molecule has 0 spiro atoms. The second-order valence-electron chi connectivity index (χ2n) is 4.36. The normalized spacial score (nSPS) is 11.1. The standard InChI is InChI=1S/C13H12N2O5S/c1-9-2-5-11(6-3-9)21(19,20)14-12-8-10(15(17)18)4-7-13(12)16/h2-8,14,16H,1H3/p-1. The van der Waals surface area contributed by atoms with E-state index in [1.165, 1.54) is 12.1 Å². The molecule has 0 fully saturated rings. The van der Waals surface area contributed by atoms with Crippen LogP contribution in [0.3, 0.4) is 0 Å². The first-order valence-corrected chi connectivity index (χ1v) is 7.33. The second-order valence-corrected chi connectivity index (χ2v) is 6.04. The largest absolute Gasteiger partial charge is 0.871 e. The number of non-ortho nitro benzene ring substituents is 1. The van der Waals surface area contributed by atoms with Crippen molar-refractivity contribution in [2.75, 3.05) is 4.72 Å². The van der Waals surface area contributed by atoms with Crippen LogP contribution < -0.4 is 9.83 Å². The predicted octanol–water partition coefficient (Wildman–Crippen LogP) is 1.78. The smallest absolute Gasteiger partial charge is 0.271 e. The quantitative estimate of drug-likeness (QED) is 0.683. The van der Waals surface area contributed by atoms with Crippen LogP contribution in [-0.4, -0.2) is 13.3 Å². The zero-order valence-corrected chi connectivity index (χ0v) is 11.8. The highest BCUT2D eigenvalue weighted by molar-refractivity contribution is 7.92. The van der Waals surface area contributed by atoms with Crippen LogP contribution in [0.5, 0.6) is 5.75 Å². The molecule has 0 saturated heterocycles. The molecule has 1 N–H and O–H groups in total. The van der Waals surface area contributed by atoms with Crippen molar-refractivity contribution < 1.29 is 18.4 Å². The highest BCUT2D eigenvalue weighted by Crippen LogP contribution is 2.28. The van der Waals surface area contributed by atoms with Gasteiger partial charge in [0.15, 0.2) is 0 Å². The Morgan fingerprint density at radius 1 is 1.10 bits per heavy atom. The van der Waals surface area contributed by atoms with E-state index in [4.69, 9.17) is 0 Å². The van der Waals surface area contributed by atoms with Gasteiger partial charge in [-0.15, -0.1) is 0 Å². The van der Waals surface area contributed by atoms with E-state index in [0.29, 0.717) is 0 Å². The van der Waals surface area contributed by atoms with Gasteiger partial charge in [0.05, 0.1) is 9.82 Å². The Labute approximate surface area is 121 Å². The lowest BCUT2D eigenvalue weighted by molar-refractivity contribution is -0.385. The number of aryl methyl sites for hydroxylation is 1. The third kappa shape index (κ3) is 3.29. The molecule has 2 aromatic rings. The van der Waals surface area contributed by atoms with Crippen LogP contribution >= 0.6 is 0 Å². The third-order valence-electron chi connectivity index (χ3n) is 2.75. The molecule has 8 heteroatoms. The molecule has 0 heterocycles. The number of hydrogen-bond acceptors (Lipinski definition) is 5. The molecular formula is C13H11N2O5S-. The van der Waals surface area contributed by atoms with Crippen LogP contribution in [0.25, 0.3) is 0 Å². The molecule has 0 bridgehead atoms. The third-order valence-corrected chi connectivity index (χ3v) is 4.13. The summed E-state index contributed by atoms with van der Waals surface area (Å²) in [7, 11) is -3.97. The summed E-state index contributed by atoms with van der Waals surface area (Å²) in [5.41, 5.74) is 0.162. The minimum atomic E-state index is -3.97. The molecular weight excluding hydrogens is 296 g/mol. The van der Waals surface area contributed by atoms with E-state index in [2.05, 4.69) is 4.72 Å². The molecule has 2 rings (SSSR count). The van der Waals surface area contributed by atoms with Gasteiger partial charge in [-0.2, -0.15) is 0 Å². The fourth-order valence-electron chi connectivity index (χ4n) is 1.63. The predicted molar refractivity (Wildman–Crippen MR) is 74.5 cm³/mol. The van der Waals surface area contributed by atoms with Gasteiger partial charge in [0.1, 0.15) is 0 Å². The highest BCUT2D eigenvalue weighted by Gasteiger charge is 2.16. The summed E-state index contributed by atoms with van der Waals surface area (Å²) in [5.74, 6) is -0.642. The van der Waals surface area contributed by atoms with E-state index < -0.39 is 20.7 Å². The summed E-state index contributed by atoms with van der Waals surface area (Å²) in [6, 6.07) is 8.87. The zero-order chi connectivity index (χ0) is 15.6. The molecule has 0 aliphatic carbocycles. The monoisotopic (exact) mass is 307 g/mol. The van der Waals surface area contributed by atoms with Gasteiger partial charge in [-0.3, -0.25) is 14.8 Å². The lowest BCUT2D eigenvalue weighted by Gasteiger charge is -2.15. The van der Waals surface area contributed by atoms with Gasteiger partial charge in [0.2, 0.25) is 0 Å². The van der Waals surface area contributed by atoms with Crippen molar-refractivity contribution in [2.24, 2.45) is 0 Å². The second kappa shape index (κ2) is 5.41. The summed E-state index contributed by atoms with van der Waals surface area (Å²) < 4.78 is 26.3. The fraction of sp³-hybridized carbons (Fsp3) is 0.0769. The Morgan fingerprint density at radius 3 is 2.29 bits per heavy atom. The van der Waals surface area contributed by atoms with Crippen molar-refractivity contribution >= 4 is 21.4 Å². The summed E-state index contributed by atoms with van der Waals surface area (Å²) in [5, 5.41) is 22.3. The molecule has 21 heavy (non-hydrogen) atoms. The van der Waals surface area contributed by atoms with Crippen molar-refractivity contribution in [1.82, 2.24) is 0 Å². The van der Waals surface area contributed by atoms with Crippen molar-refractivity contribution in [1.29, 1.82) is 0 Å². The van der Waals surface area contributed by atoms with Gasteiger partial charge in [-0.1, -0.05) is 29.5 Å². The topological polar surface area (TPSA) is 112 Å². The first-order valence-electron chi connectivity index (χ1n) is 5.84. The van der Waals surface area contributed by atoms with Gasteiger partial charge in [0.25, 0.3) is 15.7 Å². The molecule has 0 unspecified atom stereocenters. The van der Waals surface area contributed by atoms with Gasteiger partial charge < -0.3 is 5.11 Å². The number of nitrogens with zero attached hydrogens (tertiary/aromatic N) is 1. The fourth-order valence-corrected chi connectivity index (χ4v) is 2.69. The van der Waals surface area contributed by atoms with E-state index in [9.17, 15) is 23.6 Å². The number of benzene rings is 2. The Bertz CT molecular complexity index is 785. The Balaban J connectivity index is 2.38. The van der Waals surface area contributed by atoms with E-state index in [1.807, 2.05) is 0 Å². The van der Waals surface area contributed by atoms with E-state index in [1.54, 1.807) is 19.1 Å². The molecule has 0 aromatic heterocycles. The number of nitrogens with one attached hydrogen (secondary N) is 1. The molecule has 0 radical (unpaired) electrons. The summed E-state index contributed by atoms with van der Waals surface area (Å²) >= 11 is 0. The maximum absolute atomic E-state index is 12.1. The van der Waals surface area contributed by atoms with E-state index >= 15 is 0 Å². The maximum Gasteiger partial charge on any atom is 0.271 e. The molecule has 0 saturated carbocycles. The van der Waals surface area contributed by atoms with E-state index in [-0.39, 0.29) is 16.3 Å². The van der Waals surface area contributed by atoms with Crippen LogP contribution in [-0.2, 0) is 10.0 Å². The summed E-state index contributed by atoms with van der Waals surface area (Å²) in [6.45, 7) is 1.81. The molecule has 2 aromatic carbocycles. The van der Waals surface area contributed by atoms with Gasteiger partial charge in [-0.25, -0.2) is 8.42 Å². The number of nitro benzene ring substituents is 1. The van der Waals surface area contributed by atoms with Gasteiger partial charge in [0, 0.05) is 17.8 Å². The van der Waals surface area contributed by atoms with Crippen molar-refractivity contribution in [3.8, 4) is 5.75 Å². The van der Waals surface area contributed by atoms with E-state index in [0.717, 1.165) is 23.8 Å². The average molecular weight is 307 g/mol. The lowest BCUT2D eigenvalue weighted by atomic mass is 10.2. The minimum absolute atomic E-state index is 0.0287. The Hall–Kier alpha value is -2.61. The van der Waals surface area contributed by atoms with Crippen molar-refractivity contribution in [3.05, 3.63) is 58.1 Å². The Morgan fingerprint density at radius 2 is 1.71 bits per heavy atom. The van der Waals surface area contributed by atoms with Crippen LogP contribution in [0, 0.1) is 17.0 Å². The first kappa shape index (κ1) is 14.8. The number of hydrogen-bond donors (Lipinski definition) is 1. The minimum Gasteiger partial charge on any atom is -0.871 e. The van der Waals surface area contributed by atoms with Crippen LogP contribution in [0.4, 0.5) is 11.4 Å². The SMILES string of the molecule is Cc1ccc(S(=O)(=O)Nc2cc([N+](=O)[O-])ccc2[O-])cc1. The maximum atomic E-state index is 12.1. The Kier molecular flexibility index (Phi) is 3.81. The number of nitro groups is 1. The average Bonchev–Trinajstić information content (AvgIpc) is 2.41. The van der Waals surface area contributed by atoms with Crippen molar-refractivity contribution in [2.45, 2.75) is 11.8 Å². The van der Waals surface area contributed by atoms with Crippen LogP contribution in [0.2, 0.25) is 0 Å². The van der Waals surface area contributed by atoms with Crippen LogP contribution in [0.15, 0.2) is 47.4 Å². The highest BCUT2D eigenvalue weighted by atomic mass is 32.2. The molecule has 0 aliphatic rings. The lowest BCUT2D eigenvalue weighted by Crippen LogP contribution is -2.14. The van der Waals surface area contributed by atoms with Crippen molar-refractivity contribution in [3.63, 3.8) is 0 Å². The summed E-state index contributed by atoms with van der Waals surface area (Å²) in [6.07, 6.45) is 0. The molecule has 0 aliphatic heterocycles. The molecule has 0 atom stereocenters. The first-order chi connectivity index (χ1) is 9.79. The number of anilines is 1. The molecule has 0 amide bonds. The number of sulfonamides is 1. The molecule has 7 nitrogen and oxygen atoms in total. The van der Waals surface area contributed by atoms with Crippen LogP contribution in [0.1, 0.15) is 5.56 Å². The number of rotatable bonds is 4. The molecule has 110 valence electrons. The summed E-state index contributed by atoms with van der Waals surface area (Å²) in [4.78, 5) is 9.93.